The van der Waals surface area contributed by atoms with Gasteiger partial charge in [-0.05, 0) is 69.3 Å². The zero-order valence-corrected chi connectivity index (χ0v) is 14.5. The summed E-state index contributed by atoms with van der Waals surface area (Å²) in [4.78, 5) is 28.3. The van der Waals surface area contributed by atoms with E-state index in [0.29, 0.717) is 12.7 Å². The van der Waals surface area contributed by atoms with E-state index in [4.69, 9.17) is 20.6 Å². The zero-order valence-electron chi connectivity index (χ0n) is 9.29. The van der Waals surface area contributed by atoms with E-state index in [1.54, 1.807) is 12.1 Å². The van der Waals surface area contributed by atoms with Gasteiger partial charge in [0.25, 0.3) is 0 Å². The maximum atomic E-state index is 10.8. The third-order valence-electron chi connectivity index (χ3n) is 2.04. The van der Waals surface area contributed by atoms with E-state index in [1.807, 2.05) is 45.2 Å². The highest BCUT2D eigenvalue weighted by atomic mass is 127. The van der Waals surface area contributed by atoms with Crippen LogP contribution in [0.25, 0.3) is 0 Å². The van der Waals surface area contributed by atoms with E-state index < -0.39 is 19.8 Å². The lowest BCUT2D eigenvalue weighted by Gasteiger charge is -2.13. The Morgan fingerprint density at radius 1 is 1.37 bits per heavy atom. The molecule has 0 bridgehead atoms. The van der Waals surface area contributed by atoms with Gasteiger partial charge < -0.3 is 15.4 Å². The van der Waals surface area contributed by atoms with E-state index in [1.165, 1.54) is 0 Å². The second-order valence-corrected chi connectivity index (χ2v) is 7.11. The van der Waals surface area contributed by atoms with Crippen molar-refractivity contribution < 1.29 is 28.8 Å². The van der Waals surface area contributed by atoms with Crippen LogP contribution >= 0.6 is 53.0 Å². The predicted molar refractivity (Wildman–Crippen MR) is 83.9 cm³/mol. The maximum Gasteiger partial charge on any atom is 0.524 e. The number of aliphatic carboxylic acids is 1. The lowest BCUT2D eigenvalue weighted by atomic mass is 10.1. The second kappa shape index (κ2) is 6.68. The van der Waals surface area contributed by atoms with Crippen LogP contribution in [-0.2, 0) is 15.8 Å². The largest absolute Gasteiger partial charge is 0.524 e. The molecule has 0 radical (unpaired) electrons. The highest BCUT2D eigenvalue weighted by Gasteiger charge is 2.21. The molecule has 10 heteroatoms. The zero-order chi connectivity index (χ0) is 14.8. The molecule has 1 rings (SSSR count). The minimum atomic E-state index is -4.63. The van der Waals surface area contributed by atoms with Gasteiger partial charge in [0.15, 0.2) is 5.75 Å². The number of phosphoric ester groups is 1. The molecule has 5 N–H and O–H groups in total. The van der Waals surface area contributed by atoms with Gasteiger partial charge in [0.1, 0.15) is 6.04 Å². The Bertz CT molecular complexity index is 523. The van der Waals surface area contributed by atoms with E-state index in [0.717, 1.165) is 0 Å². The van der Waals surface area contributed by atoms with Gasteiger partial charge in [0.05, 0.1) is 7.14 Å². The van der Waals surface area contributed by atoms with Gasteiger partial charge >= 0.3 is 13.8 Å². The summed E-state index contributed by atoms with van der Waals surface area (Å²) in [6.45, 7) is 0. The first-order chi connectivity index (χ1) is 8.60. The highest BCUT2D eigenvalue weighted by Crippen LogP contribution is 2.42. The maximum absolute atomic E-state index is 10.8. The fourth-order valence-electron chi connectivity index (χ4n) is 1.28. The number of carbonyl (C=O) groups is 1. The molecule has 1 aromatic rings. The number of carboxylic acid groups (broad SMARTS) is 1. The third-order valence-corrected chi connectivity index (χ3v) is 4.06. The quantitative estimate of drug-likeness (QED) is 0.346. The van der Waals surface area contributed by atoms with Crippen LogP contribution in [0.3, 0.4) is 0 Å². The molecule has 7 nitrogen and oxygen atoms in total. The number of benzene rings is 1. The van der Waals surface area contributed by atoms with Gasteiger partial charge in [-0.25, -0.2) is 4.57 Å². The second-order valence-electron chi connectivity index (χ2n) is 3.62. The van der Waals surface area contributed by atoms with Crippen LogP contribution in [-0.4, -0.2) is 26.9 Å². The highest BCUT2D eigenvalue weighted by molar-refractivity contribution is 14.1. The smallest absolute Gasteiger partial charge is 0.480 e. The molecule has 0 amide bonds. The minimum absolute atomic E-state index is 0.0715. The van der Waals surface area contributed by atoms with Crippen molar-refractivity contribution in [1.82, 2.24) is 0 Å². The molecule has 106 valence electrons. The normalized spacial score (nSPS) is 13.1. The lowest BCUT2D eigenvalue weighted by Crippen LogP contribution is -2.32. The Balaban J connectivity index is 3.03. The summed E-state index contributed by atoms with van der Waals surface area (Å²) in [7, 11) is -4.63. The van der Waals surface area contributed by atoms with E-state index in [-0.39, 0.29) is 12.2 Å². The van der Waals surface area contributed by atoms with Crippen LogP contribution in [0.1, 0.15) is 5.56 Å². The molecule has 19 heavy (non-hydrogen) atoms. The molecule has 0 aliphatic carbocycles. The van der Waals surface area contributed by atoms with E-state index in [2.05, 4.69) is 4.52 Å². The number of halogens is 2. The Morgan fingerprint density at radius 2 is 1.84 bits per heavy atom. The first kappa shape index (κ1) is 17.1. The van der Waals surface area contributed by atoms with Crippen molar-refractivity contribution in [3.05, 3.63) is 24.8 Å². The Morgan fingerprint density at radius 3 is 2.21 bits per heavy atom. The molecule has 0 spiro atoms. The fraction of sp³-hybridized carbons (Fsp3) is 0.222. The van der Waals surface area contributed by atoms with Crippen LogP contribution in [0.15, 0.2) is 12.1 Å². The van der Waals surface area contributed by atoms with Gasteiger partial charge in [-0.15, -0.1) is 0 Å². The van der Waals surface area contributed by atoms with Crippen LogP contribution in [0.5, 0.6) is 5.75 Å². The molecule has 1 atom stereocenters. The molecule has 0 aromatic heterocycles. The number of rotatable bonds is 5. The standard InChI is InChI=1S/C9H10I2NO6P/c10-5-1-4(3-7(12)9(13)14)2-6(11)8(5)18-19(15,16)17/h1-2,7H,3,12H2,(H,13,14)(H2,15,16,17)/t7-/m0/s1. The summed E-state index contributed by atoms with van der Waals surface area (Å²) in [5, 5.41) is 8.73. The number of phosphoric acid groups is 1. The molecule has 1 aromatic carbocycles. The summed E-state index contributed by atoms with van der Waals surface area (Å²) in [5.74, 6) is -1.04. The number of nitrogens with two attached hydrogens (primary N) is 1. The molecule has 0 saturated heterocycles. The molecular weight excluding hydrogens is 503 g/mol. The van der Waals surface area contributed by atoms with Crippen LogP contribution < -0.4 is 10.3 Å². The molecule has 0 aliphatic rings. The molecule has 0 saturated carbocycles. The van der Waals surface area contributed by atoms with Crippen molar-refractivity contribution in [2.75, 3.05) is 0 Å². The van der Waals surface area contributed by atoms with Gasteiger partial charge in [0.2, 0.25) is 0 Å². The van der Waals surface area contributed by atoms with Gasteiger partial charge in [0, 0.05) is 0 Å². The fourth-order valence-corrected chi connectivity index (χ4v) is 4.18. The number of carboxylic acids is 1. The van der Waals surface area contributed by atoms with Crippen molar-refractivity contribution in [2.24, 2.45) is 5.73 Å². The summed E-state index contributed by atoms with van der Waals surface area (Å²) in [6.07, 6.45) is 0.123. The first-order valence-corrected chi connectivity index (χ1v) is 8.50. The predicted octanol–water partition coefficient (Wildman–Crippen LogP) is 1.32. The van der Waals surface area contributed by atoms with Crippen molar-refractivity contribution >= 4 is 59.0 Å². The summed E-state index contributed by atoms with van der Waals surface area (Å²) >= 11 is 3.71. The van der Waals surface area contributed by atoms with E-state index >= 15 is 0 Å². The summed E-state index contributed by atoms with van der Waals surface area (Å²) < 4.78 is 16.3. The van der Waals surface area contributed by atoms with Crippen LogP contribution in [0.4, 0.5) is 0 Å². The lowest BCUT2D eigenvalue weighted by molar-refractivity contribution is -0.138. The average Bonchev–Trinajstić information content (AvgIpc) is 2.22. The first-order valence-electron chi connectivity index (χ1n) is 4.81. The van der Waals surface area contributed by atoms with Gasteiger partial charge in [-0.3, -0.25) is 14.6 Å². The van der Waals surface area contributed by atoms with E-state index in [9.17, 15) is 9.36 Å². The third kappa shape index (κ3) is 5.52. The molecule has 0 unspecified atom stereocenters. The van der Waals surface area contributed by atoms with Crippen LogP contribution in [0, 0.1) is 7.14 Å². The molecule has 0 fully saturated rings. The Kier molecular flexibility index (Phi) is 6.01. The molecule has 0 aliphatic heterocycles. The minimum Gasteiger partial charge on any atom is -0.480 e. The molecule has 0 heterocycles. The summed E-state index contributed by atoms with van der Waals surface area (Å²) in [6, 6.07) is 2.13. The topological polar surface area (TPSA) is 130 Å². The van der Waals surface area contributed by atoms with Crippen molar-refractivity contribution in [3.8, 4) is 5.75 Å². The van der Waals surface area contributed by atoms with Crippen molar-refractivity contribution in [1.29, 1.82) is 0 Å². The van der Waals surface area contributed by atoms with Gasteiger partial charge in [-0.1, -0.05) is 0 Å². The average molecular weight is 513 g/mol. The number of hydrogen-bond acceptors (Lipinski definition) is 4. The SMILES string of the molecule is N[C@@H](Cc1cc(I)c(OP(=O)(O)O)c(I)c1)C(=O)O. The Labute approximate surface area is 136 Å². The van der Waals surface area contributed by atoms with Crippen LogP contribution in [0.2, 0.25) is 0 Å². The molecular formula is C9H10I2NO6P. The van der Waals surface area contributed by atoms with Crippen molar-refractivity contribution in [2.45, 2.75) is 12.5 Å². The summed E-state index contributed by atoms with van der Waals surface area (Å²) in [5.41, 5.74) is 6.08. The van der Waals surface area contributed by atoms with Crippen molar-refractivity contribution in [3.63, 3.8) is 0 Å². The number of hydrogen-bond donors (Lipinski definition) is 4. The Hall–Kier alpha value is 0.0600. The van der Waals surface area contributed by atoms with Gasteiger partial charge in [-0.2, -0.15) is 0 Å². The monoisotopic (exact) mass is 513 g/mol.